The molecule has 2 aliphatic rings. The summed E-state index contributed by atoms with van der Waals surface area (Å²) in [6.07, 6.45) is 10.1. The van der Waals surface area contributed by atoms with E-state index in [0.717, 1.165) is 0 Å². The fourth-order valence-electron chi connectivity index (χ4n) is 1.19. The van der Waals surface area contributed by atoms with Crippen LogP contribution in [0.5, 0.6) is 0 Å². The van der Waals surface area contributed by atoms with E-state index in [0.29, 0.717) is 12.5 Å². The highest BCUT2D eigenvalue weighted by Gasteiger charge is 2.19. The van der Waals surface area contributed by atoms with Gasteiger partial charge in [0.2, 0.25) is 0 Å². The van der Waals surface area contributed by atoms with E-state index >= 15 is 0 Å². The molecule has 0 aromatic carbocycles. The maximum absolute atomic E-state index is 5.35. The van der Waals surface area contributed by atoms with Crippen LogP contribution in [-0.2, 0) is 4.74 Å². The van der Waals surface area contributed by atoms with Crippen LogP contribution in [0.4, 0.5) is 0 Å². The Labute approximate surface area is 59.9 Å². The average molecular weight is 135 g/mol. The third kappa shape index (κ3) is 0.907. The molecule has 0 bridgehead atoms. The molecule has 52 valence electrons. The van der Waals surface area contributed by atoms with Crippen LogP contribution in [-0.4, -0.2) is 19.0 Å². The Hall–Kier alpha value is -0.890. The van der Waals surface area contributed by atoms with E-state index in [-0.39, 0.29) is 6.23 Å². The van der Waals surface area contributed by atoms with E-state index in [1.807, 2.05) is 12.2 Å². The van der Waals surface area contributed by atoms with E-state index in [1.54, 1.807) is 6.21 Å². The molecule has 10 heavy (non-hydrogen) atoms. The van der Waals surface area contributed by atoms with E-state index < -0.39 is 0 Å². The number of nitrogens with zero attached hydrogens (tertiary/aromatic N) is 1. The third-order valence-corrected chi connectivity index (χ3v) is 1.70. The van der Waals surface area contributed by atoms with Gasteiger partial charge in [-0.3, -0.25) is 4.99 Å². The van der Waals surface area contributed by atoms with Crippen molar-refractivity contribution in [2.75, 3.05) is 6.61 Å². The van der Waals surface area contributed by atoms with Crippen molar-refractivity contribution in [2.45, 2.75) is 6.23 Å². The summed E-state index contributed by atoms with van der Waals surface area (Å²) in [5.74, 6) is 0.374. The summed E-state index contributed by atoms with van der Waals surface area (Å²) in [4.78, 5) is 4.17. The van der Waals surface area contributed by atoms with Gasteiger partial charge >= 0.3 is 0 Å². The maximum atomic E-state index is 5.35. The van der Waals surface area contributed by atoms with Gasteiger partial charge in [0, 0.05) is 12.1 Å². The predicted molar refractivity (Wildman–Crippen MR) is 40.0 cm³/mol. The molecule has 0 radical (unpaired) electrons. The van der Waals surface area contributed by atoms with Crippen LogP contribution in [0.25, 0.3) is 0 Å². The number of hydrogen-bond donors (Lipinski definition) is 0. The summed E-state index contributed by atoms with van der Waals surface area (Å²) in [6, 6.07) is 0. The first-order valence-corrected chi connectivity index (χ1v) is 3.45. The SMILES string of the molecule is C1=CC2C=CCOC2N=C1. The zero-order valence-electron chi connectivity index (χ0n) is 5.60. The highest BCUT2D eigenvalue weighted by Crippen LogP contribution is 2.19. The largest absolute Gasteiger partial charge is 0.352 e. The fraction of sp³-hybridized carbons (Fsp3) is 0.375. The van der Waals surface area contributed by atoms with Gasteiger partial charge in [0.1, 0.15) is 0 Å². The van der Waals surface area contributed by atoms with Crippen LogP contribution >= 0.6 is 0 Å². The van der Waals surface area contributed by atoms with Crippen molar-refractivity contribution in [3.8, 4) is 0 Å². The van der Waals surface area contributed by atoms with Crippen molar-refractivity contribution in [3.05, 3.63) is 24.3 Å². The van der Waals surface area contributed by atoms with Crippen LogP contribution in [0.1, 0.15) is 0 Å². The van der Waals surface area contributed by atoms with Gasteiger partial charge in [-0.05, 0) is 6.08 Å². The van der Waals surface area contributed by atoms with E-state index in [2.05, 4.69) is 17.1 Å². The van der Waals surface area contributed by atoms with Gasteiger partial charge in [-0.25, -0.2) is 0 Å². The summed E-state index contributed by atoms with van der Waals surface area (Å²) < 4.78 is 5.35. The summed E-state index contributed by atoms with van der Waals surface area (Å²) in [5, 5.41) is 0. The number of ether oxygens (including phenoxy) is 1. The zero-order chi connectivity index (χ0) is 6.81. The first-order chi connectivity index (χ1) is 4.97. The van der Waals surface area contributed by atoms with Crippen LogP contribution < -0.4 is 0 Å². The molecule has 0 saturated carbocycles. The highest BCUT2D eigenvalue weighted by atomic mass is 16.5. The molecule has 2 atom stereocenters. The Balaban J connectivity index is 2.21. The smallest absolute Gasteiger partial charge is 0.158 e. The molecule has 0 fully saturated rings. The molecule has 0 N–H and O–H groups in total. The summed E-state index contributed by atoms with van der Waals surface area (Å²) in [5.41, 5.74) is 0. The molecule has 2 heterocycles. The van der Waals surface area contributed by atoms with Gasteiger partial charge < -0.3 is 4.74 Å². The predicted octanol–water partition coefficient (Wildman–Crippen LogP) is 1.16. The molecule has 0 saturated heterocycles. The molecular weight excluding hydrogens is 126 g/mol. The van der Waals surface area contributed by atoms with Gasteiger partial charge in [0.05, 0.1) is 6.61 Å². The summed E-state index contributed by atoms with van der Waals surface area (Å²) in [7, 11) is 0. The van der Waals surface area contributed by atoms with Crippen molar-refractivity contribution in [1.29, 1.82) is 0 Å². The number of fused-ring (bicyclic) bond motifs is 1. The Morgan fingerprint density at radius 3 is 3.30 bits per heavy atom. The molecule has 2 unspecified atom stereocenters. The minimum atomic E-state index is 0.0509. The Kier molecular flexibility index (Phi) is 1.40. The standard InChI is InChI=1S/C8H9NO/c1-3-7-4-2-6-10-8(7)9-5-1/h1-5,7-8H,6H2. The number of dihydropyridines is 1. The lowest BCUT2D eigenvalue weighted by molar-refractivity contribution is 0.0527. The number of allylic oxidation sites excluding steroid dienone is 1. The lowest BCUT2D eigenvalue weighted by Gasteiger charge is -2.23. The van der Waals surface area contributed by atoms with Crippen molar-refractivity contribution in [2.24, 2.45) is 10.9 Å². The second-order valence-corrected chi connectivity index (χ2v) is 2.41. The molecule has 2 nitrogen and oxygen atoms in total. The second-order valence-electron chi connectivity index (χ2n) is 2.41. The van der Waals surface area contributed by atoms with Crippen molar-refractivity contribution < 1.29 is 4.74 Å². The first kappa shape index (κ1) is 5.86. The fourth-order valence-corrected chi connectivity index (χ4v) is 1.19. The Bertz CT molecular complexity index is 205. The van der Waals surface area contributed by atoms with Crippen LogP contribution in [0.3, 0.4) is 0 Å². The van der Waals surface area contributed by atoms with Crippen molar-refractivity contribution in [1.82, 2.24) is 0 Å². The quantitative estimate of drug-likeness (QED) is 0.457. The molecular formula is C8H9NO. The van der Waals surface area contributed by atoms with E-state index in [1.165, 1.54) is 0 Å². The van der Waals surface area contributed by atoms with E-state index in [9.17, 15) is 0 Å². The van der Waals surface area contributed by atoms with Crippen molar-refractivity contribution >= 4 is 6.21 Å². The minimum absolute atomic E-state index is 0.0509. The normalized spacial score (nSPS) is 36.0. The van der Waals surface area contributed by atoms with Gasteiger partial charge in [0.15, 0.2) is 6.23 Å². The third-order valence-electron chi connectivity index (χ3n) is 1.70. The topological polar surface area (TPSA) is 21.6 Å². The highest BCUT2D eigenvalue weighted by molar-refractivity contribution is 5.72. The molecule has 2 heteroatoms. The molecule has 0 aliphatic carbocycles. The molecule has 2 rings (SSSR count). The van der Waals surface area contributed by atoms with Crippen LogP contribution in [0, 0.1) is 5.92 Å². The minimum Gasteiger partial charge on any atom is -0.352 e. The Morgan fingerprint density at radius 1 is 1.40 bits per heavy atom. The molecule has 2 aliphatic heterocycles. The summed E-state index contributed by atoms with van der Waals surface area (Å²) in [6.45, 7) is 0.701. The van der Waals surface area contributed by atoms with Crippen molar-refractivity contribution in [3.63, 3.8) is 0 Å². The monoisotopic (exact) mass is 135 g/mol. The number of rotatable bonds is 0. The molecule has 0 aromatic heterocycles. The Morgan fingerprint density at radius 2 is 2.40 bits per heavy atom. The summed E-state index contributed by atoms with van der Waals surface area (Å²) >= 11 is 0. The molecule has 0 aromatic rings. The van der Waals surface area contributed by atoms with E-state index in [4.69, 9.17) is 4.74 Å². The maximum Gasteiger partial charge on any atom is 0.158 e. The molecule has 0 amide bonds. The number of aliphatic imine (C=N–C) groups is 1. The van der Waals surface area contributed by atoms with Crippen LogP contribution in [0.15, 0.2) is 29.3 Å². The average Bonchev–Trinajstić information content (AvgIpc) is 2.05. The zero-order valence-corrected chi connectivity index (χ0v) is 5.60. The van der Waals surface area contributed by atoms with Gasteiger partial charge in [0.25, 0.3) is 0 Å². The van der Waals surface area contributed by atoms with Gasteiger partial charge in [-0.2, -0.15) is 0 Å². The lowest BCUT2D eigenvalue weighted by atomic mass is 10.0. The lowest BCUT2D eigenvalue weighted by Crippen LogP contribution is -2.24. The first-order valence-electron chi connectivity index (χ1n) is 3.45. The van der Waals surface area contributed by atoms with Crippen LogP contribution in [0.2, 0.25) is 0 Å². The number of hydrogen-bond acceptors (Lipinski definition) is 2. The van der Waals surface area contributed by atoms with Gasteiger partial charge in [-0.15, -0.1) is 0 Å². The molecule has 0 spiro atoms. The second kappa shape index (κ2) is 2.39. The van der Waals surface area contributed by atoms with Gasteiger partial charge in [-0.1, -0.05) is 18.2 Å².